The van der Waals surface area contributed by atoms with Crippen LogP contribution in [-0.2, 0) is 6.61 Å². The predicted molar refractivity (Wildman–Crippen MR) is 120 cm³/mol. The normalized spacial score (nSPS) is 10.4. The molecule has 148 valence electrons. The molecule has 0 radical (unpaired) electrons. The van der Waals surface area contributed by atoms with Crippen molar-refractivity contribution in [3.63, 3.8) is 0 Å². The van der Waals surface area contributed by atoms with Crippen LogP contribution in [0.3, 0.4) is 0 Å². The molecule has 1 aromatic heterocycles. The monoisotopic (exact) mass is 472 g/mol. The average molecular weight is 474 g/mol. The van der Waals surface area contributed by atoms with Crippen molar-refractivity contribution < 1.29 is 9.13 Å². The van der Waals surface area contributed by atoms with E-state index in [1.165, 1.54) is 6.07 Å². The summed E-state index contributed by atoms with van der Waals surface area (Å²) in [5.74, 6) is 1.28. The van der Waals surface area contributed by atoms with E-state index < -0.39 is 0 Å². The molecule has 0 spiro atoms. The Bertz CT molecular complexity index is 1120. The van der Waals surface area contributed by atoms with Gasteiger partial charge in [0.25, 0.3) is 0 Å². The maximum atomic E-state index is 14.0. The van der Waals surface area contributed by atoms with Crippen molar-refractivity contribution in [2.45, 2.75) is 13.5 Å². The van der Waals surface area contributed by atoms with Crippen LogP contribution >= 0.6 is 28.3 Å². The van der Waals surface area contributed by atoms with Crippen molar-refractivity contribution >= 4 is 28.3 Å². The molecule has 29 heavy (non-hydrogen) atoms. The first kappa shape index (κ1) is 21.1. The number of ether oxygens (including phenoxy) is 1. The summed E-state index contributed by atoms with van der Waals surface area (Å²) in [7, 11) is 0. The Morgan fingerprint density at radius 3 is 2.52 bits per heavy atom. The Morgan fingerprint density at radius 1 is 1.00 bits per heavy atom. The second-order valence-corrected chi connectivity index (χ2v) is 7.43. The predicted octanol–water partition coefficient (Wildman–Crippen LogP) is 6.95. The Kier molecular flexibility index (Phi) is 6.72. The molecule has 1 N–H and O–H groups in total. The van der Waals surface area contributed by atoms with E-state index in [1.807, 2.05) is 61.7 Å². The summed E-state index contributed by atoms with van der Waals surface area (Å²) in [5.41, 5.74) is 4.50. The summed E-state index contributed by atoms with van der Waals surface area (Å²) in [6.45, 7) is 2.16. The van der Waals surface area contributed by atoms with Crippen LogP contribution in [0.1, 0.15) is 11.1 Å². The number of aromatic nitrogens is 2. The second-order valence-electron chi connectivity index (χ2n) is 6.52. The summed E-state index contributed by atoms with van der Waals surface area (Å²) in [5, 5.41) is 0. The highest BCUT2D eigenvalue weighted by Crippen LogP contribution is 2.28. The number of halogens is 3. The van der Waals surface area contributed by atoms with Crippen LogP contribution in [0, 0.1) is 12.7 Å². The molecular formula is C23H19BrClFN2O. The Hall–Kier alpha value is -2.63. The summed E-state index contributed by atoms with van der Waals surface area (Å²) >= 11 is 3.26. The second kappa shape index (κ2) is 9.25. The Balaban J connectivity index is 0.00000240. The highest BCUT2D eigenvalue weighted by atomic mass is 79.9. The highest BCUT2D eigenvalue weighted by molar-refractivity contribution is 9.10. The van der Waals surface area contributed by atoms with Gasteiger partial charge in [0.1, 0.15) is 24.0 Å². The van der Waals surface area contributed by atoms with E-state index in [1.54, 1.807) is 12.1 Å². The molecule has 0 unspecified atom stereocenters. The molecular weight excluding hydrogens is 455 g/mol. The highest BCUT2D eigenvalue weighted by Gasteiger charge is 2.09. The van der Waals surface area contributed by atoms with Gasteiger partial charge in [-0.2, -0.15) is 0 Å². The molecule has 0 atom stereocenters. The van der Waals surface area contributed by atoms with Crippen LogP contribution < -0.4 is 4.74 Å². The first-order valence-electron chi connectivity index (χ1n) is 8.88. The van der Waals surface area contributed by atoms with Crippen LogP contribution in [0.2, 0.25) is 0 Å². The van der Waals surface area contributed by atoms with E-state index in [-0.39, 0.29) is 24.8 Å². The topological polar surface area (TPSA) is 37.9 Å². The number of imidazole rings is 1. The van der Waals surface area contributed by atoms with Crippen LogP contribution in [0.15, 0.2) is 77.4 Å². The van der Waals surface area contributed by atoms with Crippen molar-refractivity contribution in [3.8, 4) is 28.4 Å². The largest absolute Gasteiger partial charge is 0.489 e. The van der Waals surface area contributed by atoms with Crippen LogP contribution in [-0.4, -0.2) is 9.97 Å². The third-order valence-corrected chi connectivity index (χ3v) is 5.00. The van der Waals surface area contributed by atoms with Gasteiger partial charge in [-0.25, -0.2) is 9.37 Å². The molecule has 3 nitrogen and oxygen atoms in total. The molecule has 0 bridgehead atoms. The zero-order valence-corrected chi connectivity index (χ0v) is 18.1. The molecule has 0 aliphatic heterocycles. The van der Waals surface area contributed by atoms with E-state index in [4.69, 9.17) is 4.74 Å². The number of hydrogen-bond acceptors (Lipinski definition) is 2. The molecule has 0 aliphatic rings. The van der Waals surface area contributed by atoms with E-state index in [2.05, 4.69) is 25.9 Å². The summed E-state index contributed by atoms with van der Waals surface area (Å²) in [6.07, 6.45) is 1.83. The maximum absolute atomic E-state index is 14.0. The SMILES string of the molecule is Cc1cc(-c2cnc(-c3ccccc3)[nH]2)ccc1OCc1ccc(Br)cc1F.Cl. The van der Waals surface area contributed by atoms with Gasteiger partial charge in [0.15, 0.2) is 0 Å². The molecule has 1 heterocycles. The van der Waals surface area contributed by atoms with Crippen LogP contribution in [0.4, 0.5) is 4.39 Å². The number of hydrogen-bond donors (Lipinski definition) is 1. The number of aryl methyl sites for hydroxylation is 1. The van der Waals surface area contributed by atoms with Crippen molar-refractivity contribution in [1.82, 2.24) is 9.97 Å². The van der Waals surface area contributed by atoms with E-state index in [0.717, 1.165) is 34.0 Å². The summed E-state index contributed by atoms with van der Waals surface area (Å²) in [4.78, 5) is 7.83. The van der Waals surface area contributed by atoms with Gasteiger partial charge in [0.2, 0.25) is 0 Å². The van der Waals surface area contributed by atoms with Crippen LogP contribution in [0.5, 0.6) is 5.75 Å². The number of H-pyrrole nitrogens is 1. The number of aromatic amines is 1. The molecule has 0 amide bonds. The average Bonchev–Trinajstić information content (AvgIpc) is 3.19. The lowest BCUT2D eigenvalue weighted by molar-refractivity contribution is 0.298. The quantitative estimate of drug-likeness (QED) is 0.340. The van der Waals surface area contributed by atoms with E-state index >= 15 is 0 Å². The van der Waals surface area contributed by atoms with E-state index in [0.29, 0.717) is 10.0 Å². The molecule has 0 saturated carbocycles. The molecule has 4 rings (SSSR count). The molecule has 3 aromatic carbocycles. The first-order chi connectivity index (χ1) is 13.6. The van der Waals surface area contributed by atoms with Gasteiger partial charge in [0.05, 0.1) is 11.9 Å². The zero-order chi connectivity index (χ0) is 19.5. The molecule has 0 fully saturated rings. The van der Waals surface area contributed by atoms with Crippen molar-refractivity contribution in [2.75, 3.05) is 0 Å². The fourth-order valence-corrected chi connectivity index (χ4v) is 3.32. The molecule has 6 heteroatoms. The number of rotatable bonds is 5. The van der Waals surface area contributed by atoms with E-state index in [9.17, 15) is 4.39 Å². The van der Waals surface area contributed by atoms with Gasteiger partial charge in [0, 0.05) is 21.2 Å². The zero-order valence-electron chi connectivity index (χ0n) is 15.7. The van der Waals surface area contributed by atoms with Gasteiger partial charge in [-0.05, 0) is 42.8 Å². The third kappa shape index (κ3) is 4.86. The smallest absolute Gasteiger partial charge is 0.137 e. The lowest BCUT2D eigenvalue weighted by Gasteiger charge is -2.11. The van der Waals surface area contributed by atoms with Crippen LogP contribution in [0.25, 0.3) is 22.6 Å². The third-order valence-electron chi connectivity index (χ3n) is 4.51. The van der Waals surface area contributed by atoms with Gasteiger partial charge in [-0.15, -0.1) is 12.4 Å². The standard InChI is InChI=1S/C23H18BrFN2O.ClH/c1-15-11-17(21-13-26-23(27-21)16-5-3-2-4-6-16)8-10-22(15)28-14-18-7-9-19(24)12-20(18)25;/h2-13H,14H2,1H3,(H,26,27);1H. The number of benzene rings is 3. The minimum absolute atomic E-state index is 0. The lowest BCUT2D eigenvalue weighted by atomic mass is 10.1. The fourth-order valence-electron chi connectivity index (χ4n) is 2.98. The first-order valence-corrected chi connectivity index (χ1v) is 9.67. The minimum Gasteiger partial charge on any atom is -0.489 e. The molecule has 4 aromatic rings. The van der Waals surface area contributed by atoms with Gasteiger partial charge in [-0.3, -0.25) is 0 Å². The summed E-state index contributed by atoms with van der Waals surface area (Å²) in [6, 6.07) is 20.9. The number of nitrogens with zero attached hydrogens (tertiary/aromatic N) is 1. The number of nitrogens with one attached hydrogen (secondary N) is 1. The van der Waals surface area contributed by atoms with Crippen molar-refractivity contribution in [3.05, 3.63) is 94.3 Å². The molecule has 0 aliphatic carbocycles. The lowest BCUT2D eigenvalue weighted by Crippen LogP contribution is -2.00. The Morgan fingerprint density at radius 2 is 1.79 bits per heavy atom. The van der Waals surface area contributed by atoms with Crippen molar-refractivity contribution in [1.29, 1.82) is 0 Å². The summed E-state index contributed by atoms with van der Waals surface area (Å²) < 4.78 is 20.5. The Labute approximate surface area is 183 Å². The van der Waals surface area contributed by atoms with Gasteiger partial charge in [-0.1, -0.05) is 52.3 Å². The minimum atomic E-state index is -0.283. The van der Waals surface area contributed by atoms with Crippen molar-refractivity contribution in [2.24, 2.45) is 0 Å². The van der Waals surface area contributed by atoms with Gasteiger partial charge >= 0.3 is 0 Å². The molecule has 0 saturated heterocycles. The maximum Gasteiger partial charge on any atom is 0.137 e. The fraction of sp³-hybridized carbons (Fsp3) is 0.0870. The van der Waals surface area contributed by atoms with Gasteiger partial charge < -0.3 is 9.72 Å².